The first kappa shape index (κ1) is 26.0. The predicted octanol–water partition coefficient (Wildman–Crippen LogP) is 5.57. The molecule has 1 fully saturated rings. The first-order valence-corrected chi connectivity index (χ1v) is 13.5. The standard InChI is InChI=1S/C26H25Cl2N3O4S/c1-17-5-9-23(10-6-17)36(34,35)31(22-13-19(27)12-20(28)14-22)16-25(32)29-21-8-7-18(2)24(15-21)30-11-3-4-26(30)33/h5-10,12-15H,3-4,11,16H2,1-2H3,(H,29,32). The Balaban J connectivity index is 1.64. The zero-order chi connectivity index (χ0) is 26.0. The van der Waals surface area contributed by atoms with E-state index in [9.17, 15) is 18.0 Å². The monoisotopic (exact) mass is 545 g/mol. The first-order valence-electron chi connectivity index (χ1n) is 11.3. The minimum atomic E-state index is -4.12. The van der Waals surface area contributed by atoms with Gasteiger partial charge in [0.2, 0.25) is 11.8 Å². The van der Waals surface area contributed by atoms with Crippen LogP contribution in [0.15, 0.2) is 65.6 Å². The molecule has 10 heteroatoms. The second kappa shape index (κ2) is 10.5. The molecule has 1 N–H and O–H groups in total. The Bertz CT molecular complexity index is 1410. The third kappa shape index (κ3) is 5.67. The van der Waals surface area contributed by atoms with Gasteiger partial charge in [-0.15, -0.1) is 0 Å². The summed E-state index contributed by atoms with van der Waals surface area (Å²) >= 11 is 12.3. The highest BCUT2D eigenvalue weighted by molar-refractivity contribution is 7.92. The average molecular weight is 546 g/mol. The van der Waals surface area contributed by atoms with E-state index >= 15 is 0 Å². The fourth-order valence-electron chi connectivity index (χ4n) is 4.05. The first-order chi connectivity index (χ1) is 17.0. The number of amides is 2. The van der Waals surface area contributed by atoms with Crippen LogP contribution >= 0.6 is 23.2 Å². The van der Waals surface area contributed by atoms with E-state index in [1.807, 2.05) is 19.9 Å². The van der Waals surface area contributed by atoms with E-state index in [1.165, 1.54) is 30.3 Å². The van der Waals surface area contributed by atoms with Crippen LogP contribution in [-0.4, -0.2) is 33.3 Å². The lowest BCUT2D eigenvalue weighted by Gasteiger charge is -2.25. The van der Waals surface area contributed by atoms with Crippen LogP contribution in [-0.2, 0) is 19.6 Å². The number of nitrogens with zero attached hydrogens (tertiary/aromatic N) is 2. The lowest BCUT2D eigenvalue weighted by atomic mass is 10.1. The molecule has 0 aromatic heterocycles. The van der Waals surface area contributed by atoms with Gasteiger partial charge in [0, 0.05) is 34.4 Å². The van der Waals surface area contributed by atoms with Gasteiger partial charge in [-0.05, 0) is 68.3 Å². The van der Waals surface area contributed by atoms with Crippen LogP contribution < -0.4 is 14.5 Å². The maximum Gasteiger partial charge on any atom is 0.264 e. The van der Waals surface area contributed by atoms with Crippen molar-refractivity contribution in [2.45, 2.75) is 31.6 Å². The van der Waals surface area contributed by atoms with Gasteiger partial charge < -0.3 is 10.2 Å². The summed E-state index contributed by atoms with van der Waals surface area (Å²) < 4.78 is 28.1. The zero-order valence-corrected chi connectivity index (χ0v) is 22.1. The van der Waals surface area contributed by atoms with Crippen molar-refractivity contribution in [1.29, 1.82) is 0 Å². The number of halogens is 2. The summed E-state index contributed by atoms with van der Waals surface area (Å²) in [6, 6.07) is 16.0. The van der Waals surface area contributed by atoms with Crippen LogP contribution in [0.4, 0.5) is 17.1 Å². The molecule has 0 radical (unpaired) electrons. The summed E-state index contributed by atoms with van der Waals surface area (Å²) in [4.78, 5) is 27.1. The summed E-state index contributed by atoms with van der Waals surface area (Å²) in [6.07, 6.45) is 1.27. The second-order valence-corrected chi connectivity index (χ2v) is 11.4. The van der Waals surface area contributed by atoms with Crippen LogP contribution in [0.2, 0.25) is 10.0 Å². The minimum Gasteiger partial charge on any atom is -0.324 e. The van der Waals surface area contributed by atoms with E-state index in [-0.39, 0.29) is 26.5 Å². The molecule has 3 aromatic carbocycles. The van der Waals surface area contributed by atoms with Crippen molar-refractivity contribution in [3.8, 4) is 0 Å². The molecule has 1 heterocycles. The van der Waals surface area contributed by atoms with Crippen molar-refractivity contribution >= 4 is 62.1 Å². The molecule has 1 saturated heterocycles. The number of sulfonamides is 1. The Morgan fingerprint density at radius 1 is 1.00 bits per heavy atom. The summed E-state index contributed by atoms with van der Waals surface area (Å²) in [7, 11) is -4.12. The number of aryl methyl sites for hydroxylation is 2. The second-order valence-electron chi connectivity index (χ2n) is 8.65. The molecule has 0 spiro atoms. The van der Waals surface area contributed by atoms with E-state index in [0.29, 0.717) is 18.7 Å². The number of anilines is 3. The van der Waals surface area contributed by atoms with Crippen LogP contribution in [0.1, 0.15) is 24.0 Å². The number of rotatable bonds is 7. The summed E-state index contributed by atoms with van der Waals surface area (Å²) in [5.74, 6) is -0.529. The van der Waals surface area contributed by atoms with E-state index in [1.54, 1.807) is 29.2 Å². The van der Waals surface area contributed by atoms with Crippen LogP contribution in [0, 0.1) is 13.8 Å². The molecule has 0 bridgehead atoms. The number of hydrogen-bond acceptors (Lipinski definition) is 4. The molecule has 4 rings (SSSR count). The van der Waals surface area contributed by atoms with Gasteiger partial charge in [0.15, 0.2) is 0 Å². The molecule has 0 aliphatic carbocycles. The average Bonchev–Trinajstić information content (AvgIpc) is 3.24. The largest absolute Gasteiger partial charge is 0.324 e. The van der Waals surface area contributed by atoms with Gasteiger partial charge in [-0.3, -0.25) is 13.9 Å². The number of nitrogens with one attached hydrogen (secondary N) is 1. The van der Waals surface area contributed by atoms with Gasteiger partial charge >= 0.3 is 0 Å². The van der Waals surface area contributed by atoms with Crippen molar-refractivity contribution in [3.63, 3.8) is 0 Å². The van der Waals surface area contributed by atoms with Gasteiger partial charge in [-0.25, -0.2) is 8.42 Å². The molecule has 0 atom stereocenters. The number of benzene rings is 3. The number of carbonyl (C=O) groups is 2. The third-order valence-corrected chi connectivity index (χ3v) is 8.11. The lowest BCUT2D eigenvalue weighted by molar-refractivity contribution is -0.117. The van der Waals surface area contributed by atoms with Crippen molar-refractivity contribution in [1.82, 2.24) is 0 Å². The van der Waals surface area contributed by atoms with Gasteiger partial charge in [-0.1, -0.05) is 47.0 Å². The Labute approximate surface area is 220 Å². The van der Waals surface area contributed by atoms with Crippen LogP contribution in [0.25, 0.3) is 0 Å². The topological polar surface area (TPSA) is 86.8 Å². The highest BCUT2D eigenvalue weighted by Gasteiger charge is 2.28. The lowest BCUT2D eigenvalue weighted by Crippen LogP contribution is -2.38. The van der Waals surface area contributed by atoms with Crippen molar-refractivity contribution in [3.05, 3.63) is 81.8 Å². The fourth-order valence-corrected chi connectivity index (χ4v) is 5.97. The quantitative estimate of drug-likeness (QED) is 0.420. The van der Waals surface area contributed by atoms with E-state index in [2.05, 4.69) is 5.32 Å². The Hall–Kier alpha value is -3.07. The summed E-state index contributed by atoms with van der Waals surface area (Å²) in [5.41, 5.74) is 3.14. The highest BCUT2D eigenvalue weighted by Crippen LogP contribution is 2.31. The third-order valence-electron chi connectivity index (χ3n) is 5.89. The van der Waals surface area contributed by atoms with E-state index in [4.69, 9.17) is 23.2 Å². The normalized spacial score (nSPS) is 13.7. The SMILES string of the molecule is Cc1ccc(S(=O)(=O)N(CC(=O)Nc2ccc(C)c(N3CCCC3=O)c2)c2cc(Cl)cc(Cl)c2)cc1. The van der Waals surface area contributed by atoms with E-state index in [0.717, 1.165) is 27.5 Å². The van der Waals surface area contributed by atoms with Crippen molar-refractivity contribution in [2.24, 2.45) is 0 Å². The molecule has 1 aliphatic heterocycles. The highest BCUT2D eigenvalue weighted by atomic mass is 35.5. The molecular formula is C26H25Cl2N3O4S. The Morgan fingerprint density at radius 2 is 1.67 bits per heavy atom. The molecule has 0 saturated carbocycles. The number of carbonyl (C=O) groups excluding carboxylic acids is 2. The molecule has 7 nitrogen and oxygen atoms in total. The molecule has 2 amide bonds. The van der Waals surface area contributed by atoms with Gasteiger partial charge in [0.1, 0.15) is 6.54 Å². The Morgan fingerprint density at radius 3 is 2.28 bits per heavy atom. The van der Waals surface area contributed by atoms with Crippen LogP contribution in [0.3, 0.4) is 0 Å². The molecule has 1 aliphatic rings. The van der Waals surface area contributed by atoms with Crippen molar-refractivity contribution in [2.75, 3.05) is 27.6 Å². The molecule has 36 heavy (non-hydrogen) atoms. The van der Waals surface area contributed by atoms with E-state index < -0.39 is 22.5 Å². The summed E-state index contributed by atoms with van der Waals surface area (Å²) in [6.45, 7) is 3.85. The maximum atomic E-state index is 13.6. The predicted molar refractivity (Wildman–Crippen MR) is 144 cm³/mol. The zero-order valence-electron chi connectivity index (χ0n) is 19.8. The summed E-state index contributed by atoms with van der Waals surface area (Å²) in [5, 5.41) is 3.23. The van der Waals surface area contributed by atoms with Crippen molar-refractivity contribution < 1.29 is 18.0 Å². The maximum absolute atomic E-state index is 13.6. The van der Waals surface area contributed by atoms with Gasteiger partial charge in [-0.2, -0.15) is 0 Å². The molecule has 3 aromatic rings. The molecular weight excluding hydrogens is 521 g/mol. The fraction of sp³-hybridized carbons (Fsp3) is 0.231. The molecule has 188 valence electrons. The van der Waals surface area contributed by atoms with Crippen LogP contribution in [0.5, 0.6) is 0 Å². The number of hydrogen-bond donors (Lipinski definition) is 1. The van der Waals surface area contributed by atoms with Gasteiger partial charge in [0.25, 0.3) is 10.0 Å². The smallest absolute Gasteiger partial charge is 0.264 e. The Kier molecular flexibility index (Phi) is 7.59. The minimum absolute atomic E-state index is 0.0298. The molecule has 0 unspecified atom stereocenters. The van der Waals surface area contributed by atoms with Gasteiger partial charge in [0.05, 0.1) is 10.6 Å².